The Morgan fingerprint density at radius 1 is 1.27 bits per heavy atom. The highest BCUT2D eigenvalue weighted by Gasteiger charge is 2.25. The van der Waals surface area contributed by atoms with Gasteiger partial charge in [-0.15, -0.1) is 0 Å². The minimum atomic E-state index is -0.121. The SMILES string of the molecule is CCC(C)(C)NC(=O)C[NH+]1CCN(c2ccc(O)cc2)CC1. The summed E-state index contributed by atoms with van der Waals surface area (Å²) in [6.45, 7) is 10.5. The number of hydrogen-bond acceptors (Lipinski definition) is 3. The highest BCUT2D eigenvalue weighted by atomic mass is 16.3. The van der Waals surface area contributed by atoms with Gasteiger partial charge in [0.2, 0.25) is 0 Å². The third-order valence-corrected chi connectivity index (χ3v) is 4.46. The third kappa shape index (κ3) is 4.63. The summed E-state index contributed by atoms with van der Waals surface area (Å²) in [5, 5.41) is 12.4. The van der Waals surface area contributed by atoms with Crippen LogP contribution in [0.2, 0.25) is 0 Å². The normalized spacial score (nSPS) is 16.6. The van der Waals surface area contributed by atoms with Crippen molar-refractivity contribution in [2.24, 2.45) is 0 Å². The molecule has 5 heteroatoms. The van der Waals surface area contributed by atoms with E-state index in [2.05, 4.69) is 31.0 Å². The van der Waals surface area contributed by atoms with Gasteiger partial charge in [-0.05, 0) is 44.5 Å². The fraction of sp³-hybridized carbons (Fsp3) is 0.588. The molecule has 0 saturated carbocycles. The average molecular weight is 306 g/mol. The standard InChI is InChI=1S/C17H27N3O2/c1-4-17(2,3)18-16(22)13-19-9-11-20(12-10-19)14-5-7-15(21)8-6-14/h5-8,21H,4,9-13H2,1-3H3,(H,18,22)/p+1. The van der Waals surface area contributed by atoms with Crippen LogP contribution < -0.4 is 15.1 Å². The number of benzene rings is 1. The second-order valence-corrected chi connectivity index (χ2v) is 6.72. The maximum absolute atomic E-state index is 12.1. The van der Waals surface area contributed by atoms with E-state index in [1.807, 2.05) is 12.1 Å². The van der Waals surface area contributed by atoms with Crippen LogP contribution in [0, 0.1) is 0 Å². The molecule has 1 aromatic carbocycles. The molecule has 3 N–H and O–H groups in total. The monoisotopic (exact) mass is 306 g/mol. The molecule has 0 aliphatic carbocycles. The minimum Gasteiger partial charge on any atom is -0.508 e. The summed E-state index contributed by atoms with van der Waals surface area (Å²) in [5.74, 6) is 0.433. The van der Waals surface area contributed by atoms with Gasteiger partial charge in [-0.3, -0.25) is 4.79 Å². The Hall–Kier alpha value is -1.75. The summed E-state index contributed by atoms with van der Waals surface area (Å²) in [6, 6.07) is 7.32. The molecule has 1 heterocycles. The van der Waals surface area contributed by atoms with Crippen molar-refractivity contribution in [3.05, 3.63) is 24.3 Å². The zero-order valence-corrected chi connectivity index (χ0v) is 13.9. The van der Waals surface area contributed by atoms with Gasteiger partial charge in [0, 0.05) is 11.2 Å². The van der Waals surface area contributed by atoms with Crippen molar-refractivity contribution in [1.82, 2.24) is 5.32 Å². The van der Waals surface area contributed by atoms with Crippen molar-refractivity contribution in [2.45, 2.75) is 32.7 Å². The second-order valence-electron chi connectivity index (χ2n) is 6.72. The number of nitrogens with one attached hydrogen (secondary N) is 2. The van der Waals surface area contributed by atoms with Gasteiger partial charge in [-0.2, -0.15) is 0 Å². The summed E-state index contributed by atoms with van der Waals surface area (Å²) < 4.78 is 0. The van der Waals surface area contributed by atoms with Crippen LogP contribution in [0.15, 0.2) is 24.3 Å². The minimum absolute atomic E-state index is 0.121. The van der Waals surface area contributed by atoms with Crippen LogP contribution in [0.1, 0.15) is 27.2 Å². The molecule has 22 heavy (non-hydrogen) atoms. The van der Waals surface area contributed by atoms with E-state index in [-0.39, 0.29) is 11.4 Å². The fourth-order valence-corrected chi connectivity index (χ4v) is 2.66. The maximum atomic E-state index is 12.1. The first-order chi connectivity index (χ1) is 10.4. The molecule has 0 radical (unpaired) electrons. The van der Waals surface area contributed by atoms with E-state index in [1.54, 1.807) is 12.1 Å². The predicted molar refractivity (Wildman–Crippen MR) is 88.4 cm³/mol. The molecular formula is C17H28N3O2+. The van der Waals surface area contributed by atoms with Crippen molar-refractivity contribution < 1.29 is 14.8 Å². The number of piperazine rings is 1. The Morgan fingerprint density at radius 2 is 1.86 bits per heavy atom. The van der Waals surface area contributed by atoms with E-state index in [0.29, 0.717) is 12.3 Å². The predicted octanol–water partition coefficient (Wildman–Crippen LogP) is 0.402. The lowest BCUT2D eigenvalue weighted by Gasteiger charge is -2.34. The zero-order chi connectivity index (χ0) is 16.2. The quantitative estimate of drug-likeness (QED) is 0.738. The second kappa shape index (κ2) is 7.01. The third-order valence-electron chi connectivity index (χ3n) is 4.46. The van der Waals surface area contributed by atoms with E-state index in [4.69, 9.17) is 0 Å². The number of hydrogen-bond donors (Lipinski definition) is 3. The number of amides is 1. The first-order valence-corrected chi connectivity index (χ1v) is 8.08. The topological polar surface area (TPSA) is 57.0 Å². The van der Waals surface area contributed by atoms with E-state index in [9.17, 15) is 9.90 Å². The molecule has 0 unspecified atom stereocenters. The van der Waals surface area contributed by atoms with Crippen molar-refractivity contribution >= 4 is 11.6 Å². The number of carbonyl (C=O) groups excluding carboxylic acids is 1. The van der Waals surface area contributed by atoms with Crippen LogP contribution in [-0.2, 0) is 4.79 Å². The average Bonchev–Trinajstić information content (AvgIpc) is 2.48. The van der Waals surface area contributed by atoms with Gasteiger partial charge in [0.15, 0.2) is 6.54 Å². The van der Waals surface area contributed by atoms with Crippen LogP contribution in [-0.4, -0.2) is 49.3 Å². The Balaban J connectivity index is 1.80. The number of rotatable bonds is 5. The molecular weight excluding hydrogens is 278 g/mol. The summed E-state index contributed by atoms with van der Waals surface area (Å²) in [4.78, 5) is 15.7. The van der Waals surface area contributed by atoms with Crippen LogP contribution in [0.25, 0.3) is 0 Å². The van der Waals surface area contributed by atoms with Gasteiger partial charge in [0.25, 0.3) is 5.91 Å². The molecule has 1 aliphatic heterocycles. The first-order valence-electron chi connectivity index (χ1n) is 8.08. The lowest BCUT2D eigenvalue weighted by molar-refractivity contribution is -0.892. The van der Waals surface area contributed by atoms with Crippen LogP contribution in [0.5, 0.6) is 5.75 Å². The molecule has 0 aromatic heterocycles. The molecule has 0 bridgehead atoms. The van der Waals surface area contributed by atoms with E-state index in [1.165, 1.54) is 4.90 Å². The van der Waals surface area contributed by atoms with Gasteiger partial charge in [0.05, 0.1) is 26.2 Å². The molecule has 122 valence electrons. The van der Waals surface area contributed by atoms with Gasteiger partial charge < -0.3 is 20.2 Å². The maximum Gasteiger partial charge on any atom is 0.275 e. The summed E-state index contributed by atoms with van der Waals surface area (Å²) in [5.41, 5.74) is 1.01. The van der Waals surface area contributed by atoms with Crippen molar-refractivity contribution in [3.63, 3.8) is 0 Å². The number of phenols is 1. The van der Waals surface area contributed by atoms with Crippen molar-refractivity contribution in [3.8, 4) is 5.75 Å². The number of anilines is 1. The van der Waals surface area contributed by atoms with Gasteiger partial charge >= 0.3 is 0 Å². The van der Waals surface area contributed by atoms with Gasteiger partial charge in [-0.25, -0.2) is 0 Å². The highest BCUT2D eigenvalue weighted by Crippen LogP contribution is 2.18. The Labute approximate surface area is 132 Å². The molecule has 2 rings (SSSR count). The van der Waals surface area contributed by atoms with Gasteiger partial charge in [0.1, 0.15) is 5.75 Å². The summed E-state index contributed by atoms with van der Waals surface area (Å²) in [6.07, 6.45) is 0.933. The van der Waals surface area contributed by atoms with Crippen molar-refractivity contribution in [2.75, 3.05) is 37.6 Å². The molecule has 1 saturated heterocycles. The largest absolute Gasteiger partial charge is 0.508 e. The van der Waals surface area contributed by atoms with Gasteiger partial charge in [-0.1, -0.05) is 6.92 Å². The Bertz CT molecular complexity index is 491. The fourth-order valence-electron chi connectivity index (χ4n) is 2.66. The lowest BCUT2D eigenvalue weighted by atomic mass is 10.0. The molecule has 5 nitrogen and oxygen atoms in total. The van der Waals surface area contributed by atoms with E-state index in [0.717, 1.165) is 38.3 Å². The van der Waals surface area contributed by atoms with Crippen LogP contribution in [0.4, 0.5) is 5.69 Å². The molecule has 0 spiro atoms. The zero-order valence-electron chi connectivity index (χ0n) is 13.9. The highest BCUT2D eigenvalue weighted by molar-refractivity contribution is 5.77. The molecule has 1 amide bonds. The molecule has 1 aliphatic rings. The van der Waals surface area contributed by atoms with Crippen LogP contribution in [0.3, 0.4) is 0 Å². The molecule has 0 atom stereocenters. The lowest BCUT2D eigenvalue weighted by Crippen LogP contribution is -3.16. The summed E-state index contributed by atoms with van der Waals surface area (Å²) >= 11 is 0. The van der Waals surface area contributed by atoms with Crippen molar-refractivity contribution in [1.29, 1.82) is 0 Å². The smallest absolute Gasteiger partial charge is 0.275 e. The number of quaternary nitrogens is 1. The number of aromatic hydroxyl groups is 1. The van der Waals surface area contributed by atoms with Crippen LogP contribution >= 0.6 is 0 Å². The Morgan fingerprint density at radius 3 is 2.41 bits per heavy atom. The molecule has 1 fully saturated rings. The number of nitrogens with zero attached hydrogens (tertiary/aromatic N) is 1. The van der Waals surface area contributed by atoms with E-state index < -0.39 is 0 Å². The Kier molecular flexibility index (Phi) is 5.29. The first kappa shape index (κ1) is 16.6. The van der Waals surface area contributed by atoms with E-state index >= 15 is 0 Å². The number of carbonyl (C=O) groups is 1. The molecule has 1 aromatic rings. The number of phenolic OH excluding ortho intramolecular Hbond substituents is 1. The summed E-state index contributed by atoms with van der Waals surface area (Å²) in [7, 11) is 0.